The molecule has 0 aliphatic heterocycles. The lowest BCUT2D eigenvalue weighted by Gasteiger charge is -2.12. The van der Waals surface area contributed by atoms with Crippen molar-refractivity contribution in [2.75, 3.05) is 5.75 Å². The normalized spacial score (nSPS) is 12.9. The van der Waals surface area contributed by atoms with E-state index in [-0.39, 0.29) is 5.16 Å². The van der Waals surface area contributed by atoms with Gasteiger partial charge < -0.3 is 9.67 Å². The van der Waals surface area contributed by atoms with E-state index >= 15 is 0 Å². The van der Waals surface area contributed by atoms with Crippen LogP contribution in [-0.2, 0) is 28.1 Å². The molecule has 7 heteroatoms. The third kappa shape index (κ3) is 4.66. The number of sulfone groups is 1. The Labute approximate surface area is 135 Å². The highest BCUT2D eigenvalue weighted by atomic mass is 32.2. The number of carbonyl (C=O) groups is 1. The third-order valence-corrected chi connectivity index (χ3v) is 5.48. The number of carboxylic acid groups (broad SMARTS) is 1. The number of rotatable bonds is 8. The summed E-state index contributed by atoms with van der Waals surface area (Å²) >= 11 is 0. The minimum absolute atomic E-state index is 0.0909. The first-order valence-corrected chi connectivity index (χ1v) is 9.02. The molecule has 1 aromatic heterocycles. The van der Waals surface area contributed by atoms with Crippen LogP contribution >= 0.6 is 0 Å². The summed E-state index contributed by atoms with van der Waals surface area (Å²) in [4.78, 5) is 15.2. The van der Waals surface area contributed by atoms with Gasteiger partial charge in [-0.15, -0.1) is 0 Å². The van der Waals surface area contributed by atoms with E-state index in [1.807, 2.05) is 30.3 Å². The molecule has 124 valence electrons. The van der Waals surface area contributed by atoms with Crippen molar-refractivity contribution in [2.24, 2.45) is 13.0 Å². The Hall–Kier alpha value is -2.15. The summed E-state index contributed by atoms with van der Waals surface area (Å²) in [6.07, 6.45) is 4.58. The molecule has 0 saturated carbocycles. The predicted molar refractivity (Wildman–Crippen MR) is 85.8 cm³/mol. The summed E-state index contributed by atoms with van der Waals surface area (Å²) in [5.74, 6) is -2.45. The molecule has 6 nitrogen and oxygen atoms in total. The molecule has 0 amide bonds. The molecule has 1 unspecified atom stereocenters. The molecule has 0 fully saturated rings. The summed E-state index contributed by atoms with van der Waals surface area (Å²) < 4.78 is 26.0. The molecule has 1 aromatic carbocycles. The molecule has 0 bridgehead atoms. The Morgan fingerprint density at radius 3 is 2.57 bits per heavy atom. The Balaban J connectivity index is 1.99. The average Bonchev–Trinajstić information content (AvgIpc) is 2.94. The van der Waals surface area contributed by atoms with Gasteiger partial charge in [0, 0.05) is 19.4 Å². The number of aryl methyl sites for hydroxylation is 2. The number of carboxylic acids is 1. The Morgan fingerprint density at radius 2 is 2.00 bits per heavy atom. The van der Waals surface area contributed by atoms with E-state index in [0.717, 1.165) is 12.0 Å². The van der Waals surface area contributed by atoms with Gasteiger partial charge in [0.1, 0.15) is 0 Å². The van der Waals surface area contributed by atoms with Crippen molar-refractivity contribution in [1.82, 2.24) is 9.55 Å². The van der Waals surface area contributed by atoms with Gasteiger partial charge >= 0.3 is 5.97 Å². The summed E-state index contributed by atoms with van der Waals surface area (Å²) in [6.45, 7) is 0. The van der Waals surface area contributed by atoms with Gasteiger partial charge in [-0.2, -0.15) is 0 Å². The van der Waals surface area contributed by atoms with Gasteiger partial charge in [0.05, 0.1) is 11.7 Å². The summed E-state index contributed by atoms with van der Waals surface area (Å²) in [5.41, 5.74) is 1.11. The van der Waals surface area contributed by atoms with Crippen molar-refractivity contribution in [3.63, 3.8) is 0 Å². The first-order chi connectivity index (χ1) is 10.9. The standard InChI is InChI=1S/C16H20N2O4S/c1-18-11-10-17-16(18)23(21,22)12-14(15(19)20)9-5-8-13-6-3-2-4-7-13/h2-4,6-7,10-11,14H,5,8-9,12H2,1H3,(H,19,20). The van der Waals surface area contributed by atoms with E-state index in [1.54, 1.807) is 7.05 Å². The van der Waals surface area contributed by atoms with Crippen molar-refractivity contribution in [1.29, 1.82) is 0 Å². The minimum atomic E-state index is -3.72. The van der Waals surface area contributed by atoms with E-state index in [0.29, 0.717) is 12.8 Å². The fourth-order valence-corrected chi connectivity index (χ4v) is 4.18. The van der Waals surface area contributed by atoms with Crippen molar-refractivity contribution in [3.8, 4) is 0 Å². The molecule has 1 heterocycles. The van der Waals surface area contributed by atoms with Crippen molar-refractivity contribution >= 4 is 15.8 Å². The maximum absolute atomic E-state index is 12.3. The first kappa shape index (κ1) is 17.2. The molecular formula is C16H20N2O4S. The second-order valence-electron chi connectivity index (χ2n) is 5.52. The van der Waals surface area contributed by atoms with Gasteiger partial charge in [-0.1, -0.05) is 30.3 Å². The molecule has 1 atom stereocenters. The quantitative estimate of drug-likeness (QED) is 0.795. The van der Waals surface area contributed by atoms with Crippen LogP contribution in [0, 0.1) is 5.92 Å². The molecule has 0 aliphatic carbocycles. The van der Waals surface area contributed by atoms with E-state index in [9.17, 15) is 18.3 Å². The maximum atomic E-state index is 12.3. The van der Waals surface area contributed by atoms with E-state index < -0.39 is 27.5 Å². The van der Waals surface area contributed by atoms with E-state index in [2.05, 4.69) is 4.98 Å². The minimum Gasteiger partial charge on any atom is -0.481 e. The van der Waals surface area contributed by atoms with Crippen LogP contribution in [0.25, 0.3) is 0 Å². The second kappa shape index (κ2) is 7.41. The fourth-order valence-electron chi connectivity index (χ4n) is 2.47. The average molecular weight is 336 g/mol. The van der Waals surface area contributed by atoms with Gasteiger partial charge in [0.25, 0.3) is 0 Å². The lowest BCUT2D eigenvalue weighted by molar-refractivity contribution is -0.141. The molecule has 0 spiro atoms. The number of nitrogens with zero attached hydrogens (tertiary/aromatic N) is 2. The van der Waals surface area contributed by atoms with Gasteiger partial charge in [-0.25, -0.2) is 13.4 Å². The summed E-state index contributed by atoms with van der Waals surface area (Å²) in [5, 5.41) is 9.22. The maximum Gasteiger partial charge on any atom is 0.307 e. The highest BCUT2D eigenvalue weighted by molar-refractivity contribution is 7.91. The van der Waals surface area contributed by atoms with Gasteiger partial charge in [0.2, 0.25) is 15.0 Å². The smallest absolute Gasteiger partial charge is 0.307 e. The Kier molecular flexibility index (Phi) is 5.54. The second-order valence-corrected chi connectivity index (χ2v) is 7.44. The molecule has 0 saturated heterocycles. The lowest BCUT2D eigenvalue weighted by atomic mass is 10.0. The molecule has 0 radical (unpaired) electrons. The van der Waals surface area contributed by atoms with Crippen LogP contribution in [-0.4, -0.2) is 34.8 Å². The third-order valence-electron chi connectivity index (χ3n) is 3.69. The van der Waals surface area contributed by atoms with Crippen LogP contribution in [0.3, 0.4) is 0 Å². The van der Waals surface area contributed by atoms with Crippen molar-refractivity contribution in [3.05, 3.63) is 48.3 Å². The van der Waals surface area contributed by atoms with Gasteiger partial charge in [-0.05, 0) is 24.8 Å². The number of hydrogen-bond donors (Lipinski definition) is 1. The number of aliphatic carboxylic acids is 1. The molecule has 1 N–H and O–H groups in total. The number of hydrogen-bond acceptors (Lipinski definition) is 4. The zero-order valence-electron chi connectivity index (χ0n) is 12.9. The molecule has 0 aliphatic rings. The molecule has 2 aromatic rings. The summed E-state index contributed by atoms with van der Waals surface area (Å²) in [6, 6.07) is 9.72. The number of benzene rings is 1. The lowest BCUT2D eigenvalue weighted by Crippen LogP contribution is -2.25. The van der Waals surface area contributed by atoms with Crippen LogP contribution in [0.15, 0.2) is 47.9 Å². The van der Waals surface area contributed by atoms with Crippen LogP contribution in [0.1, 0.15) is 18.4 Å². The first-order valence-electron chi connectivity index (χ1n) is 7.37. The monoisotopic (exact) mass is 336 g/mol. The predicted octanol–water partition coefficient (Wildman–Crippen LogP) is 1.92. The molecule has 2 rings (SSSR count). The topological polar surface area (TPSA) is 89.3 Å². The SMILES string of the molecule is Cn1ccnc1S(=O)(=O)CC(CCCc1ccccc1)C(=O)O. The number of imidazole rings is 1. The van der Waals surface area contributed by atoms with Crippen LogP contribution in [0.2, 0.25) is 0 Å². The van der Waals surface area contributed by atoms with Crippen LogP contribution in [0.4, 0.5) is 0 Å². The largest absolute Gasteiger partial charge is 0.481 e. The van der Waals surface area contributed by atoms with Crippen molar-refractivity contribution in [2.45, 2.75) is 24.4 Å². The Bertz CT molecular complexity index is 753. The number of aromatic nitrogens is 2. The molecule has 23 heavy (non-hydrogen) atoms. The highest BCUT2D eigenvalue weighted by Gasteiger charge is 2.28. The zero-order valence-corrected chi connectivity index (χ0v) is 13.7. The van der Waals surface area contributed by atoms with E-state index in [4.69, 9.17) is 0 Å². The zero-order chi connectivity index (χ0) is 16.9. The van der Waals surface area contributed by atoms with Crippen LogP contribution < -0.4 is 0 Å². The van der Waals surface area contributed by atoms with Gasteiger partial charge in [-0.3, -0.25) is 4.79 Å². The molecular weight excluding hydrogens is 316 g/mol. The fraction of sp³-hybridized carbons (Fsp3) is 0.375. The van der Waals surface area contributed by atoms with Gasteiger partial charge in [0.15, 0.2) is 0 Å². The van der Waals surface area contributed by atoms with Crippen LogP contribution in [0.5, 0.6) is 0 Å². The summed E-state index contributed by atoms with van der Waals surface area (Å²) in [7, 11) is -2.14. The van der Waals surface area contributed by atoms with Crippen molar-refractivity contribution < 1.29 is 18.3 Å². The highest BCUT2D eigenvalue weighted by Crippen LogP contribution is 2.17. The Morgan fingerprint density at radius 1 is 1.30 bits per heavy atom. The van der Waals surface area contributed by atoms with E-state index in [1.165, 1.54) is 17.0 Å².